The Bertz CT molecular complexity index is 900. The van der Waals surface area contributed by atoms with Crippen LogP contribution in [0.2, 0.25) is 10.0 Å². The van der Waals surface area contributed by atoms with Crippen molar-refractivity contribution < 1.29 is 14.1 Å². The second kappa shape index (κ2) is 8.21. The quantitative estimate of drug-likeness (QED) is 0.683. The van der Waals surface area contributed by atoms with E-state index in [4.69, 9.17) is 32.5 Å². The van der Waals surface area contributed by atoms with Gasteiger partial charge in [-0.25, -0.2) is 0 Å². The zero-order chi connectivity index (χ0) is 18.5. The van der Waals surface area contributed by atoms with Crippen LogP contribution in [0, 0.1) is 0 Å². The summed E-state index contributed by atoms with van der Waals surface area (Å²) in [6.07, 6.45) is -0.759. The van der Waals surface area contributed by atoms with E-state index >= 15 is 0 Å². The van der Waals surface area contributed by atoms with Crippen LogP contribution in [0.3, 0.4) is 0 Å². The SMILES string of the molecule is C[C@H](Oc1ccc(Cl)cc1Cl)C(=O)NCc1nc(-c2ccccc2)no1. The summed E-state index contributed by atoms with van der Waals surface area (Å²) >= 11 is 11.9. The second-order valence-electron chi connectivity index (χ2n) is 5.43. The first-order valence-corrected chi connectivity index (χ1v) is 8.56. The Morgan fingerprint density at radius 3 is 2.73 bits per heavy atom. The van der Waals surface area contributed by atoms with Crippen molar-refractivity contribution in [2.75, 3.05) is 0 Å². The van der Waals surface area contributed by atoms with Gasteiger partial charge in [0.2, 0.25) is 11.7 Å². The van der Waals surface area contributed by atoms with E-state index in [-0.39, 0.29) is 12.5 Å². The molecule has 1 N–H and O–H groups in total. The third kappa shape index (κ3) is 4.53. The molecule has 1 heterocycles. The largest absolute Gasteiger partial charge is 0.479 e. The monoisotopic (exact) mass is 391 g/mol. The maximum atomic E-state index is 12.2. The number of aromatic nitrogens is 2. The summed E-state index contributed by atoms with van der Waals surface area (Å²) in [6, 6.07) is 14.2. The number of halogens is 2. The average molecular weight is 392 g/mol. The van der Waals surface area contributed by atoms with E-state index < -0.39 is 6.10 Å². The van der Waals surface area contributed by atoms with E-state index in [0.717, 1.165) is 5.56 Å². The lowest BCUT2D eigenvalue weighted by atomic mass is 10.2. The molecular formula is C18H15Cl2N3O3. The van der Waals surface area contributed by atoms with Crippen molar-refractivity contribution in [3.8, 4) is 17.1 Å². The molecule has 26 heavy (non-hydrogen) atoms. The summed E-state index contributed by atoms with van der Waals surface area (Å²) in [6.45, 7) is 1.71. The van der Waals surface area contributed by atoms with E-state index in [2.05, 4.69) is 15.5 Å². The van der Waals surface area contributed by atoms with E-state index in [1.54, 1.807) is 25.1 Å². The summed E-state index contributed by atoms with van der Waals surface area (Å²) < 4.78 is 10.7. The number of hydrogen-bond donors (Lipinski definition) is 1. The molecular weight excluding hydrogens is 377 g/mol. The minimum absolute atomic E-state index is 0.0979. The van der Waals surface area contributed by atoms with Gasteiger partial charge in [-0.15, -0.1) is 0 Å². The van der Waals surface area contributed by atoms with Gasteiger partial charge in [-0.1, -0.05) is 58.7 Å². The normalized spacial score (nSPS) is 11.8. The van der Waals surface area contributed by atoms with E-state index in [1.165, 1.54) is 0 Å². The van der Waals surface area contributed by atoms with Crippen molar-refractivity contribution in [3.05, 3.63) is 64.5 Å². The van der Waals surface area contributed by atoms with Crippen LogP contribution in [0.4, 0.5) is 0 Å². The fourth-order valence-corrected chi connectivity index (χ4v) is 2.61. The van der Waals surface area contributed by atoms with Gasteiger partial charge in [-0.05, 0) is 25.1 Å². The van der Waals surface area contributed by atoms with Crippen molar-refractivity contribution in [3.63, 3.8) is 0 Å². The van der Waals surface area contributed by atoms with Crippen molar-refractivity contribution in [2.45, 2.75) is 19.6 Å². The molecule has 1 atom stereocenters. The molecule has 0 unspecified atom stereocenters. The molecule has 0 aliphatic rings. The smallest absolute Gasteiger partial charge is 0.261 e. The number of carbonyl (C=O) groups is 1. The minimum Gasteiger partial charge on any atom is -0.479 e. The first-order chi connectivity index (χ1) is 12.5. The van der Waals surface area contributed by atoms with Gasteiger partial charge in [0.15, 0.2) is 6.10 Å². The van der Waals surface area contributed by atoms with Crippen LogP contribution in [0.1, 0.15) is 12.8 Å². The Morgan fingerprint density at radius 2 is 2.00 bits per heavy atom. The van der Waals surface area contributed by atoms with Gasteiger partial charge in [0.25, 0.3) is 5.91 Å². The third-order valence-electron chi connectivity index (χ3n) is 3.48. The summed E-state index contributed by atoms with van der Waals surface area (Å²) in [4.78, 5) is 16.4. The van der Waals surface area contributed by atoms with Gasteiger partial charge >= 0.3 is 0 Å². The highest BCUT2D eigenvalue weighted by atomic mass is 35.5. The van der Waals surface area contributed by atoms with Crippen LogP contribution in [0.15, 0.2) is 53.1 Å². The number of amides is 1. The molecule has 3 aromatic rings. The predicted octanol–water partition coefficient (Wildman–Crippen LogP) is 4.13. The highest BCUT2D eigenvalue weighted by Gasteiger charge is 2.17. The zero-order valence-electron chi connectivity index (χ0n) is 13.8. The standard InChI is InChI=1S/C18H15Cl2N3O3/c1-11(25-15-8-7-13(19)9-14(15)20)18(24)21-10-16-22-17(23-26-16)12-5-3-2-4-6-12/h2-9,11H,10H2,1H3,(H,21,24)/t11-/m0/s1. The molecule has 0 aliphatic heterocycles. The molecule has 6 nitrogen and oxygen atoms in total. The molecule has 1 aromatic heterocycles. The van der Waals surface area contributed by atoms with Crippen LogP contribution < -0.4 is 10.1 Å². The molecule has 0 aliphatic carbocycles. The fraction of sp³-hybridized carbons (Fsp3) is 0.167. The molecule has 0 saturated heterocycles. The fourth-order valence-electron chi connectivity index (χ4n) is 2.15. The Morgan fingerprint density at radius 1 is 1.23 bits per heavy atom. The topological polar surface area (TPSA) is 77.2 Å². The van der Waals surface area contributed by atoms with Crippen molar-refractivity contribution >= 4 is 29.1 Å². The highest BCUT2D eigenvalue weighted by molar-refractivity contribution is 6.35. The van der Waals surface area contributed by atoms with Gasteiger partial charge in [0.1, 0.15) is 5.75 Å². The van der Waals surface area contributed by atoms with Crippen LogP contribution >= 0.6 is 23.2 Å². The van der Waals surface area contributed by atoms with Gasteiger partial charge in [0.05, 0.1) is 11.6 Å². The summed E-state index contributed by atoms with van der Waals surface area (Å²) in [5, 5.41) is 7.41. The third-order valence-corrected chi connectivity index (χ3v) is 4.01. The predicted molar refractivity (Wildman–Crippen MR) is 98.1 cm³/mol. The highest BCUT2D eigenvalue weighted by Crippen LogP contribution is 2.28. The molecule has 8 heteroatoms. The molecule has 134 valence electrons. The average Bonchev–Trinajstić information content (AvgIpc) is 3.11. The Balaban J connectivity index is 1.56. The summed E-state index contributed by atoms with van der Waals surface area (Å²) in [5.41, 5.74) is 0.836. The van der Waals surface area contributed by atoms with Crippen molar-refractivity contribution in [1.82, 2.24) is 15.5 Å². The number of ether oxygens (including phenoxy) is 1. The summed E-state index contributed by atoms with van der Waals surface area (Å²) in [7, 11) is 0. The number of carbonyl (C=O) groups excluding carboxylic acids is 1. The van der Waals surface area contributed by atoms with Gasteiger partial charge in [-0.3, -0.25) is 4.79 Å². The first kappa shape index (κ1) is 18.2. The number of nitrogens with zero attached hydrogens (tertiary/aromatic N) is 2. The number of rotatable bonds is 6. The number of benzene rings is 2. The lowest BCUT2D eigenvalue weighted by Crippen LogP contribution is -2.36. The van der Waals surface area contributed by atoms with Crippen LogP contribution in [0.5, 0.6) is 5.75 Å². The van der Waals surface area contributed by atoms with Crippen LogP contribution in [-0.4, -0.2) is 22.2 Å². The lowest BCUT2D eigenvalue weighted by Gasteiger charge is -2.15. The van der Waals surface area contributed by atoms with Crippen LogP contribution in [-0.2, 0) is 11.3 Å². The second-order valence-corrected chi connectivity index (χ2v) is 6.27. The van der Waals surface area contributed by atoms with E-state index in [1.807, 2.05) is 30.3 Å². The molecule has 0 saturated carbocycles. The number of nitrogens with one attached hydrogen (secondary N) is 1. The Kier molecular flexibility index (Phi) is 5.75. The molecule has 3 rings (SSSR count). The van der Waals surface area contributed by atoms with Gasteiger partial charge in [0, 0.05) is 10.6 Å². The van der Waals surface area contributed by atoms with E-state index in [9.17, 15) is 4.79 Å². The molecule has 0 spiro atoms. The first-order valence-electron chi connectivity index (χ1n) is 7.80. The van der Waals surface area contributed by atoms with Gasteiger partial charge in [-0.2, -0.15) is 4.98 Å². The molecule has 0 bridgehead atoms. The lowest BCUT2D eigenvalue weighted by molar-refractivity contribution is -0.127. The minimum atomic E-state index is -0.759. The molecule has 0 radical (unpaired) electrons. The van der Waals surface area contributed by atoms with Crippen molar-refractivity contribution in [1.29, 1.82) is 0 Å². The zero-order valence-corrected chi connectivity index (χ0v) is 15.3. The Labute approximate surface area is 160 Å². The molecule has 2 aromatic carbocycles. The summed E-state index contributed by atoms with van der Waals surface area (Å²) in [5.74, 6) is 0.805. The molecule has 0 fully saturated rings. The Hall–Kier alpha value is -2.57. The number of hydrogen-bond acceptors (Lipinski definition) is 5. The van der Waals surface area contributed by atoms with Crippen molar-refractivity contribution in [2.24, 2.45) is 0 Å². The van der Waals surface area contributed by atoms with E-state index in [0.29, 0.717) is 27.5 Å². The molecule has 1 amide bonds. The van der Waals surface area contributed by atoms with Gasteiger partial charge < -0.3 is 14.6 Å². The maximum Gasteiger partial charge on any atom is 0.261 e. The van der Waals surface area contributed by atoms with Crippen LogP contribution in [0.25, 0.3) is 11.4 Å². The maximum absolute atomic E-state index is 12.2.